The van der Waals surface area contributed by atoms with E-state index in [1.165, 1.54) is 12.4 Å². The Hall–Kier alpha value is -2.70. The van der Waals surface area contributed by atoms with E-state index in [0.29, 0.717) is 15.9 Å². The zero-order chi connectivity index (χ0) is 16.2. The maximum absolute atomic E-state index is 10.8. The minimum Gasteiger partial charge on any atom is -0.619 e. The van der Waals surface area contributed by atoms with Crippen LogP contribution in [0.2, 0.25) is 0 Å². The summed E-state index contributed by atoms with van der Waals surface area (Å²) in [4.78, 5) is 9.97. The van der Waals surface area contributed by atoms with Gasteiger partial charge in [-0.3, -0.25) is 10.1 Å². The smallest absolute Gasteiger partial charge is 0.287 e. The van der Waals surface area contributed by atoms with Gasteiger partial charge >= 0.3 is 0 Å². The molecule has 0 saturated heterocycles. The number of hydrogen-bond donors (Lipinski definition) is 0. The zero-order valence-electron chi connectivity index (χ0n) is 12.4. The summed E-state index contributed by atoms with van der Waals surface area (Å²) in [5.41, 5.74) is 2.79. The third kappa shape index (κ3) is 4.72. The highest BCUT2D eigenvalue weighted by Gasteiger charge is 2.17. The summed E-state index contributed by atoms with van der Waals surface area (Å²) in [6, 6.07) is 1.97. The van der Waals surface area contributed by atoms with Gasteiger partial charge in [0.1, 0.15) is 0 Å². The van der Waals surface area contributed by atoms with Crippen molar-refractivity contribution in [2.45, 2.75) is 27.7 Å². The van der Waals surface area contributed by atoms with E-state index < -0.39 is 4.92 Å². The van der Waals surface area contributed by atoms with Crippen LogP contribution in [0.1, 0.15) is 22.3 Å². The van der Waals surface area contributed by atoms with E-state index in [1.54, 1.807) is 26.2 Å². The monoisotopic (exact) mass is 291 g/mol. The summed E-state index contributed by atoms with van der Waals surface area (Å²) in [5.74, 6) is 0. The van der Waals surface area contributed by atoms with Gasteiger partial charge in [-0.15, -0.1) is 0 Å². The number of rotatable bonds is 1. The van der Waals surface area contributed by atoms with Crippen molar-refractivity contribution in [3.05, 3.63) is 73.6 Å². The van der Waals surface area contributed by atoms with Crippen molar-refractivity contribution in [2.24, 2.45) is 0 Å². The minimum atomic E-state index is -0.481. The molecule has 0 unspecified atom stereocenters. The summed E-state index contributed by atoms with van der Waals surface area (Å²) in [7, 11) is 0. The van der Waals surface area contributed by atoms with E-state index in [4.69, 9.17) is 0 Å². The summed E-state index contributed by atoms with van der Waals surface area (Å²) in [6.45, 7) is 6.89. The third-order valence-electron chi connectivity index (χ3n) is 2.69. The Kier molecular flexibility index (Phi) is 5.18. The molecule has 0 aliphatic rings. The summed E-state index contributed by atoms with van der Waals surface area (Å²) in [5, 5.41) is 31.9. The van der Waals surface area contributed by atoms with Gasteiger partial charge in [0.2, 0.25) is 0 Å². The minimum absolute atomic E-state index is 0.0158. The molecule has 0 N–H and O–H groups in total. The highest BCUT2D eigenvalue weighted by atomic mass is 16.6. The molecule has 0 aliphatic heterocycles. The number of aryl methyl sites for hydroxylation is 4. The van der Waals surface area contributed by atoms with Gasteiger partial charge in [-0.2, -0.15) is 9.46 Å². The zero-order valence-corrected chi connectivity index (χ0v) is 12.4. The van der Waals surface area contributed by atoms with Gasteiger partial charge in [-0.1, -0.05) is 0 Å². The predicted molar refractivity (Wildman–Crippen MR) is 76.4 cm³/mol. The van der Waals surface area contributed by atoms with Crippen molar-refractivity contribution in [1.29, 1.82) is 0 Å². The van der Waals surface area contributed by atoms with Gasteiger partial charge in [-0.25, -0.2) is 0 Å². The summed E-state index contributed by atoms with van der Waals surface area (Å²) in [6.07, 6.45) is 5.47. The lowest BCUT2D eigenvalue weighted by Crippen LogP contribution is -2.26. The Morgan fingerprint density at radius 1 is 0.857 bits per heavy atom. The van der Waals surface area contributed by atoms with Crippen LogP contribution < -0.4 is 9.46 Å². The molecule has 2 aromatic heterocycles. The molecule has 2 aromatic rings. The van der Waals surface area contributed by atoms with Crippen LogP contribution in [-0.2, 0) is 0 Å². The van der Waals surface area contributed by atoms with E-state index in [2.05, 4.69) is 0 Å². The van der Waals surface area contributed by atoms with Crippen molar-refractivity contribution in [2.75, 3.05) is 0 Å². The van der Waals surface area contributed by atoms with Gasteiger partial charge in [0.05, 0.1) is 16.1 Å². The molecule has 21 heavy (non-hydrogen) atoms. The summed E-state index contributed by atoms with van der Waals surface area (Å²) < 4.78 is 1.39. The molecule has 0 fully saturated rings. The van der Waals surface area contributed by atoms with E-state index in [0.717, 1.165) is 15.9 Å². The molecule has 0 aromatic carbocycles. The second kappa shape index (κ2) is 6.65. The largest absolute Gasteiger partial charge is 0.619 e. The molecule has 0 atom stereocenters. The molecule has 0 aliphatic carbocycles. The summed E-state index contributed by atoms with van der Waals surface area (Å²) >= 11 is 0. The number of nitro groups is 1. The van der Waals surface area contributed by atoms with Crippen LogP contribution in [0, 0.1) is 48.2 Å². The fraction of sp³-hybridized carbons (Fsp3) is 0.286. The fourth-order valence-corrected chi connectivity index (χ4v) is 2.01. The Labute approximate surface area is 122 Å². The maximum Gasteiger partial charge on any atom is 0.287 e. The van der Waals surface area contributed by atoms with Crippen molar-refractivity contribution in [3.8, 4) is 0 Å². The van der Waals surface area contributed by atoms with E-state index >= 15 is 0 Å². The van der Waals surface area contributed by atoms with Gasteiger partial charge < -0.3 is 10.4 Å². The first kappa shape index (κ1) is 16.4. The number of nitrogens with zero attached hydrogens (tertiary/aromatic N) is 3. The number of pyridine rings is 2. The van der Waals surface area contributed by atoms with Crippen molar-refractivity contribution in [3.63, 3.8) is 0 Å². The second-order valence-electron chi connectivity index (χ2n) is 4.84. The topological polar surface area (TPSA) is 97.0 Å². The highest BCUT2D eigenvalue weighted by molar-refractivity contribution is 5.42. The molecular formula is C14H17N3O4. The first-order valence-corrected chi connectivity index (χ1v) is 6.22. The van der Waals surface area contributed by atoms with Gasteiger partial charge in [0.25, 0.3) is 5.69 Å². The Morgan fingerprint density at radius 3 is 1.57 bits per heavy atom. The molecule has 7 nitrogen and oxygen atoms in total. The van der Waals surface area contributed by atoms with Crippen molar-refractivity contribution < 1.29 is 14.4 Å². The quantitative estimate of drug-likeness (QED) is 0.346. The first-order chi connectivity index (χ1) is 9.70. The molecule has 2 rings (SSSR count). The molecule has 0 radical (unpaired) electrons. The van der Waals surface area contributed by atoms with Gasteiger partial charge in [-0.05, 0) is 33.8 Å². The normalized spacial score (nSPS) is 9.71. The number of aromatic nitrogens is 2. The standard InChI is InChI=1S/C7H8N2O3.C7H9NO/c1-5-3-8(10)4-6(2)7(5)9(11)12;1-6-3-7(2)5-8(9)4-6/h3-4H,1-2H3;3-5H,1-2H3. The van der Waals surface area contributed by atoms with Crippen LogP contribution in [0.15, 0.2) is 30.9 Å². The van der Waals surface area contributed by atoms with E-state index in [9.17, 15) is 20.5 Å². The maximum atomic E-state index is 10.8. The van der Waals surface area contributed by atoms with Crippen LogP contribution in [0.5, 0.6) is 0 Å². The molecule has 0 spiro atoms. The molecule has 0 amide bonds. The Bertz CT molecular complexity index is 598. The van der Waals surface area contributed by atoms with Gasteiger partial charge in [0.15, 0.2) is 24.8 Å². The van der Waals surface area contributed by atoms with E-state index in [1.807, 2.05) is 19.9 Å². The average Bonchev–Trinajstić information content (AvgIpc) is 2.24. The van der Waals surface area contributed by atoms with Crippen LogP contribution >= 0.6 is 0 Å². The Balaban J connectivity index is 0.000000219. The lowest BCUT2D eigenvalue weighted by atomic mass is 10.2. The molecular weight excluding hydrogens is 274 g/mol. The SMILES string of the molecule is Cc1c[n+]([O-])cc(C)c1[N+](=O)[O-].Cc1cc(C)c[n+]([O-])c1. The van der Waals surface area contributed by atoms with Gasteiger partial charge in [0, 0.05) is 11.1 Å². The van der Waals surface area contributed by atoms with Crippen LogP contribution in [0.25, 0.3) is 0 Å². The molecule has 2 heterocycles. The fourth-order valence-electron chi connectivity index (χ4n) is 2.01. The van der Waals surface area contributed by atoms with Crippen molar-refractivity contribution in [1.82, 2.24) is 0 Å². The highest BCUT2D eigenvalue weighted by Crippen LogP contribution is 2.19. The molecule has 0 saturated carbocycles. The van der Waals surface area contributed by atoms with Crippen LogP contribution in [0.4, 0.5) is 5.69 Å². The first-order valence-electron chi connectivity index (χ1n) is 6.22. The van der Waals surface area contributed by atoms with Crippen LogP contribution in [-0.4, -0.2) is 4.92 Å². The second-order valence-corrected chi connectivity index (χ2v) is 4.84. The van der Waals surface area contributed by atoms with E-state index in [-0.39, 0.29) is 5.69 Å². The van der Waals surface area contributed by atoms with Crippen LogP contribution in [0.3, 0.4) is 0 Å². The Morgan fingerprint density at radius 2 is 1.24 bits per heavy atom. The molecule has 112 valence electrons. The third-order valence-corrected chi connectivity index (χ3v) is 2.69. The lowest BCUT2D eigenvalue weighted by molar-refractivity contribution is -0.606. The lowest BCUT2D eigenvalue weighted by Gasteiger charge is -2.00. The molecule has 0 bridgehead atoms. The predicted octanol–water partition coefficient (Wildman–Crippen LogP) is 1.78. The number of hydrogen-bond acceptors (Lipinski definition) is 4. The molecule has 7 heteroatoms. The average molecular weight is 291 g/mol. The van der Waals surface area contributed by atoms with Crippen molar-refractivity contribution >= 4 is 5.69 Å².